The number of carbonyl (C=O) groups excluding carboxylic acids is 1. The van der Waals surface area contributed by atoms with E-state index in [2.05, 4.69) is 32.9 Å². The number of halogens is 2. The number of nitrogens with zero attached hydrogens (tertiary/aromatic N) is 2. The Labute approximate surface area is 130 Å². The minimum absolute atomic E-state index is 0.165. The number of hydrogen-bond acceptors (Lipinski definition) is 2. The quantitative estimate of drug-likeness (QED) is 0.807. The summed E-state index contributed by atoms with van der Waals surface area (Å²) < 4.78 is 2.86. The van der Waals surface area contributed by atoms with E-state index >= 15 is 0 Å². The van der Waals surface area contributed by atoms with Crippen LogP contribution in [-0.2, 0) is 0 Å². The van der Waals surface area contributed by atoms with Crippen molar-refractivity contribution >= 4 is 45.9 Å². The van der Waals surface area contributed by atoms with Gasteiger partial charge in [-0.25, -0.2) is 4.98 Å². The summed E-state index contributed by atoms with van der Waals surface area (Å²) in [5.74, 6) is 0.312. The van der Waals surface area contributed by atoms with Gasteiger partial charge in [-0.2, -0.15) is 0 Å². The Morgan fingerprint density at radius 3 is 2.79 bits per heavy atom. The molecular weight excluding hydrogens is 377 g/mol. The third kappa shape index (κ3) is 3.48. The van der Waals surface area contributed by atoms with E-state index in [9.17, 15) is 4.79 Å². The van der Waals surface area contributed by atoms with Crippen LogP contribution in [0.5, 0.6) is 0 Å². The highest BCUT2D eigenvalue weighted by atomic mass is 127. The average molecular weight is 390 g/mol. The van der Waals surface area contributed by atoms with Crippen LogP contribution < -0.4 is 5.32 Å². The largest absolute Gasteiger partial charge is 0.339 e. The molecular formula is C13H13ClIN3O. The van der Waals surface area contributed by atoms with Crippen LogP contribution in [0, 0.1) is 3.57 Å². The number of nitrogens with one attached hydrogen (secondary N) is 1. The first kappa shape index (κ1) is 14.3. The molecule has 0 fully saturated rings. The fraction of sp³-hybridized carbons (Fsp3) is 0.231. The lowest BCUT2D eigenvalue weighted by atomic mass is 10.3. The van der Waals surface area contributed by atoms with Crippen molar-refractivity contribution in [1.82, 2.24) is 9.55 Å². The molecule has 2 heterocycles. The predicted octanol–water partition coefficient (Wildman–Crippen LogP) is 3.97. The van der Waals surface area contributed by atoms with Gasteiger partial charge in [-0.15, -0.1) is 0 Å². The molecule has 0 bridgehead atoms. The molecule has 0 atom stereocenters. The molecule has 0 aliphatic rings. The molecule has 0 saturated heterocycles. The van der Waals surface area contributed by atoms with Gasteiger partial charge in [-0.3, -0.25) is 4.79 Å². The number of carbonyl (C=O) groups is 1. The molecule has 100 valence electrons. The standard InChI is InChI=1S/C13H13ClIN3O/c1-8(2)18-7-9(14)5-11(18)13(19)17-12-4-3-10(15)6-16-12/h3-8H,1-2H3,(H,16,17,19). The summed E-state index contributed by atoms with van der Waals surface area (Å²) in [5, 5.41) is 3.31. The first-order chi connectivity index (χ1) is 8.97. The Morgan fingerprint density at radius 1 is 1.47 bits per heavy atom. The van der Waals surface area contributed by atoms with Crippen molar-refractivity contribution < 1.29 is 4.79 Å². The molecule has 1 amide bonds. The van der Waals surface area contributed by atoms with E-state index in [4.69, 9.17) is 11.6 Å². The first-order valence-corrected chi connectivity index (χ1v) is 7.23. The van der Waals surface area contributed by atoms with Gasteiger partial charge in [0.05, 0.1) is 5.02 Å². The van der Waals surface area contributed by atoms with Gasteiger partial charge in [0.2, 0.25) is 0 Å². The van der Waals surface area contributed by atoms with Crippen molar-refractivity contribution in [2.45, 2.75) is 19.9 Å². The molecule has 0 spiro atoms. The van der Waals surface area contributed by atoms with Gasteiger partial charge in [0, 0.05) is 22.0 Å². The molecule has 0 saturated carbocycles. The smallest absolute Gasteiger partial charge is 0.273 e. The second-order valence-electron chi connectivity index (χ2n) is 4.36. The van der Waals surface area contributed by atoms with Crippen molar-refractivity contribution in [2.75, 3.05) is 5.32 Å². The van der Waals surface area contributed by atoms with E-state index in [1.165, 1.54) is 0 Å². The third-order valence-corrected chi connectivity index (χ3v) is 3.42. The van der Waals surface area contributed by atoms with Crippen molar-refractivity contribution in [3.05, 3.63) is 44.9 Å². The van der Waals surface area contributed by atoms with Crippen LogP contribution in [0.2, 0.25) is 5.02 Å². The molecule has 4 nitrogen and oxygen atoms in total. The number of rotatable bonds is 3. The maximum absolute atomic E-state index is 12.2. The Morgan fingerprint density at radius 2 is 2.21 bits per heavy atom. The van der Waals surface area contributed by atoms with Gasteiger partial charge < -0.3 is 9.88 Å². The van der Waals surface area contributed by atoms with Crippen molar-refractivity contribution in [1.29, 1.82) is 0 Å². The predicted molar refractivity (Wildman–Crippen MR) is 84.7 cm³/mol. The summed E-state index contributed by atoms with van der Waals surface area (Å²) in [4.78, 5) is 16.3. The van der Waals surface area contributed by atoms with Crippen LogP contribution in [0.4, 0.5) is 5.82 Å². The maximum atomic E-state index is 12.2. The summed E-state index contributed by atoms with van der Waals surface area (Å²) in [5.41, 5.74) is 0.528. The van der Waals surface area contributed by atoms with Gasteiger partial charge >= 0.3 is 0 Å². The summed E-state index contributed by atoms with van der Waals surface area (Å²) in [6.07, 6.45) is 3.45. The summed E-state index contributed by atoms with van der Waals surface area (Å²) >= 11 is 8.12. The van der Waals surface area contributed by atoms with E-state index in [0.717, 1.165) is 3.57 Å². The van der Waals surface area contributed by atoms with Crippen LogP contribution in [-0.4, -0.2) is 15.5 Å². The second kappa shape index (κ2) is 5.92. The molecule has 0 unspecified atom stereocenters. The number of aromatic nitrogens is 2. The van der Waals surface area contributed by atoms with Crippen LogP contribution in [0.3, 0.4) is 0 Å². The van der Waals surface area contributed by atoms with Crippen molar-refractivity contribution in [3.8, 4) is 0 Å². The zero-order chi connectivity index (χ0) is 14.0. The highest BCUT2D eigenvalue weighted by Gasteiger charge is 2.15. The maximum Gasteiger partial charge on any atom is 0.273 e. The third-order valence-electron chi connectivity index (χ3n) is 2.57. The van der Waals surface area contributed by atoms with E-state index in [0.29, 0.717) is 16.5 Å². The first-order valence-electron chi connectivity index (χ1n) is 5.77. The molecule has 2 rings (SSSR count). The lowest BCUT2D eigenvalue weighted by Gasteiger charge is -2.12. The fourth-order valence-electron chi connectivity index (χ4n) is 1.68. The minimum Gasteiger partial charge on any atom is -0.339 e. The lowest BCUT2D eigenvalue weighted by Crippen LogP contribution is -2.18. The van der Waals surface area contributed by atoms with Gasteiger partial charge in [0.15, 0.2) is 0 Å². The van der Waals surface area contributed by atoms with E-state index in [1.807, 2.05) is 24.5 Å². The number of amides is 1. The van der Waals surface area contributed by atoms with Crippen LogP contribution in [0.25, 0.3) is 0 Å². The Balaban J connectivity index is 2.22. The molecule has 1 N–H and O–H groups in total. The van der Waals surface area contributed by atoms with Crippen molar-refractivity contribution in [3.63, 3.8) is 0 Å². The highest BCUT2D eigenvalue weighted by Crippen LogP contribution is 2.20. The SMILES string of the molecule is CC(C)n1cc(Cl)cc1C(=O)Nc1ccc(I)cn1. The normalized spacial score (nSPS) is 10.8. The highest BCUT2D eigenvalue weighted by molar-refractivity contribution is 14.1. The van der Waals surface area contributed by atoms with Crippen LogP contribution >= 0.6 is 34.2 Å². The second-order valence-corrected chi connectivity index (χ2v) is 6.04. The number of pyridine rings is 1. The van der Waals surface area contributed by atoms with Crippen molar-refractivity contribution in [2.24, 2.45) is 0 Å². The average Bonchev–Trinajstić information content (AvgIpc) is 2.74. The van der Waals surface area contributed by atoms with Gasteiger partial charge in [0.25, 0.3) is 5.91 Å². The van der Waals surface area contributed by atoms with E-state index in [-0.39, 0.29) is 11.9 Å². The van der Waals surface area contributed by atoms with E-state index < -0.39 is 0 Å². The van der Waals surface area contributed by atoms with Crippen LogP contribution in [0.15, 0.2) is 30.6 Å². The number of anilines is 1. The molecule has 0 aliphatic heterocycles. The molecule has 0 aromatic carbocycles. The zero-order valence-corrected chi connectivity index (χ0v) is 13.4. The summed E-state index contributed by atoms with van der Waals surface area (Å²) in [7, 11) is 0. The topological polar surface area (TPSA) is 46.9 Å². The Kier molecular flexibility index (Phi) is 4.46. The monoisotopic (exact) mass is 389 g/mol. The molecule has 2 aromatic rings. The molecule has 0 aliphatic carbocycles. The van der Waals surface area contributed by atoms with Gasteiger partial charge in [0.1, 0.15) is 11.5 Å². The number of hydrogen-bond donors (Lipinski definition) is 1. The molecule has 6 heteroatoms. The molecule has 19 heavy (non-hydrogen) atoms. The summed E-state index contributed by atoms with van der Waals surface area (Å²) in [6, 6.07) is 5.48. The molecule has 2 aromatic heterocycles. The van der Waals surface area contributed by atoms with E-state index in [1.54, 1.807) is 24.5 Å². The Bertz CT molecular complexity index is 592. The zero-order valence-electron chi connectivity index (χ0n) is 10.5. The Hall–Kier alpha value is -1.08. The molecule has 0 radical (unpaired) electrons. The van der Waals surface area contributed by atoms with Gasteiger partial charge in [-0.05, 0) is 54.6 Å². The summed E-state index contributed by atoms with van der Waals surface area (Å²) in [6.45, 7) is 3.99. The lowest BCUT2D eigenvalue weighted by molar-refractivity contribution is 0.101. The fourth-order valence-corrected chi connectivity index (χ4v) is 2.21. The van der Waals surface area contributed by atoms with Gasteiger partial charge in [-0.1, -0.05) is 11.6 Å². The van der Waals surface area contributed by atoms with Crippen LogP contribution in [0.1, 0.15) is 30.4 Å². The minimum atomic E-state index is -0.214.